The molecule has 1 fully saturated rings. The van der Waals surface area contributed by atoms with Crippen LogP contribution in [0.15, 0.2) is 12.7 Å². The van der Waals surface area contributed by atoms with Crippen LogP contribution in [0.3, 0.4) is 0 Å². The first kappa shape index (κ1) is 8.83. The molecule has 0 nitrogen and oxygen atoms in total. The number of allylic oxidation sites excluding steroid dienone is 1. The number of hydrogen-bond donors (Lipinski definition) is 0. The van der Waals surface area contributed by atoms with Crippen LogP contribution in [0.2, 0.25) is 0 Å². The summed E-state index contributed by atoms with van der Waals surface area (Å²) in [6, 6.07) is 0. The third-order valence-corrected chi connectivity index (χ3v) is 3.18. The third-order valence-electron chi connectivity index (χ3n) is 3.18. The van der Waals surface area contributed by atoms with Crippen LogP contribution in [-0.2, 0) is 0 Å². The highest BCUT2D eigenvalue weighted by Crippen LogP contribution is 2.33. The van der Waals surface area contributed by atoms with Gasteiger partial charge in [-0.1, -0.05) is 32.8 Å². The summed E-state index contributed by atoms with van der Waals surface area (Å²) in [4.78, 5) is 0. The van der Waals surface area contributed by atoms with E-state index in [0.29, 0.717) is 0 Å². The lowest BCUT2D eigenvalue weighted by atomic mass is 9.77. The molecule has 0 radical (unpaired) electrons. The summed E-state index contributed by atoms with van der Waals surface area (Å²) in [6.07, 6.45) is 7.83. The second-order valence-electron chi connectivity index (χ2n) is 4.11. The van der Waals surface area contributed by atoms with Gasteiger partial charge in [-0.15, -0.1) is 6.58 Å². The second kappa shape index (κ2) is 3.94. The first-order valence-corrected chi connectivity index (χ1v) is 4.86. The Hall–Kier alpha value is -0.260. The molecular formula is C11H20. The van der Waals surface area contributed by atoms with Crippen LogP contribution in [0.4, 0.5) is 0 Å². The SMILES string of the molecule is C=C[C@@H](C)C1CCC(C)CC1. The molecule has 0 aromatic carbocycles. The molecule has 0 heteroatoms. The Labute approximate surface area is 70.7 Å². The van der Waals surface area contributed by atoms with Gasteiger partial charge in [0.15, 0.2) is 0 Å². The Morgan fingerprint density at radius 1 is 1.27 bits per heavy atom. The minimum absolute atomic E-state index is 0.738. The molecule has 0 aromatic rings. The van der Waals surface area contributed by atoms with E-state index < -0.39 is 0 Å². The van der Waals surface area contributed by atoms with Crippen LogP contribution in [-0.4, -0.2) is 0 Å². The van der Waals surface area contributed by atoms with Gasteiger partial charge in [0.1, 0.15) is 0 Å². The van der Waals surface area contributed by atoms with Gasteiger partial charge in [-0.3, -0.25) is 0 Å². The van der Waals surface area contributed by atoms with Crippen molar-refractivity contribution in [2.45, 2.75) is 39.5 Å². The molecule has 0 unspecified atom stereocenters. The molecule has 1 rings (SSSR count). The van der Waals surface area contributed by atoms with Gasteiger partial charge in [-0.25, -0.2) is 0 Å². The maximum absolute atomic E-state index is 3.85. The largest absolute Gasteiger partial charge is 0.103 e. The fraction of sp³-hybridized carbons (Fsp3) is 0.818. The molecule has 0 saturated heterocycles. The highest BCUT2D eigenvalue weighted by molar-refractivity contribution is 4.83. The smallest absolute Gasteiger partial charge is 0.0236 e. The van der Waals surface area contributed by atoms with Crippen LogP contribution in [0.5, 0.6) is 0 Å². The van der Waals surface area contributed by atoms with Gasteiger partial charge in [0.2, 0.25) is 0 Å². The van der Waals surface area contributed by atoms with E-state index in [1.54, 1.807) is 0 Å². The molecule has 1 aliphatic carbocycles. The predicted molar refractivity (Wildman–Crippen MR) is 50.5 cm³/mol. The van der Waals surface area contributed by atoms with E-state index in [0.717, 1.165) is 17.8 Å². The van der Waals surface area contributed by atoms with Crippen molar-refractivity contribution in [3.63, 3.8) is 0 Å². The van der Waals surface area contributed by atoms with E-state index in [-0.39, 0.29) is 0 Å². The molecule has 0 spiro atoms. The predicted octanol–water partition coefficient (Wildman–Crippen LogP) is 3.63. The molecule has 0 aliphatic heterocycles. The normalized spacial score (nSPS) is 34.7. The summed E-state index contributed by atoms with van der Waals surface area (Å²) >= 11 is 0. The lowest BCUT2D eigenvalue weighted by Gasteiger charge is -2.29. The molecule has 0 heterocycles. The van der Waals surface area contributed by atoms with Gasteiger partial charge in [0.25, 0.3) is 0 Å². The highest BCUT2D eigenvalue weighted by Gasteiger charge is 2.20. The fourth-order valence-electron chi connectivity index (χ4n) is 2.00. The summed E-state index contributed by atoms with van der Waals surface area (Å²) in [5.74, 6) is 2.65. The lowest BCUT2D eigenvalue weighted by Crippen LogP contribution is -2.17. The first-order chi connectivity index (χ1) is 5.24. The average molecular weight is 152 g/mol. The minimum Gasteiger partial charge on any atom is -0.103 e. The van der Waals surface area contributed by atoms with E-state index >= 15 is 0 Å². The average Bonchev–Trinajstić information content (AvgIpc) is 2.05. The van der Waals surface area contributed by atoms with E-state index in [9.17, 15) is 0 Å². The Bertz CT molecular complexity index is 118. The monoisotopic (exact) mass is 152 g/mol. The zero-order valence-electron chi connectivity index (χ0n) is 7.84. The zero-order chi connectivity index (χ0) is 8.27. The van der Waals surface area contributed by atoms with Crippen molar-refractivity contribution in [1.29, 1.82) is 0 Å². The minimum atomic E-state index is 0.738. The first-order valence-electron chi connectivity index (χ1n) is 4.86. The summed E-state index contributed by atoms with van der Waals surface area (Å²) in [5.41, 5.74) is 0. The standard InChI is InChI=1S/C11H20/c1-4-10(3)11-7-5-9(2)6-8-11/h4,9-11H,1,5-8H2,2-3H3/t9?,10-,11?/m1/s1. The van der Waals surface area contributed by atoms with Crippen LogP contribution < -0.4 is 0 Å². The van der Waals surface area contributed by atoms with Crippen molar-refractivity contribution in [2.24, 2.45) is 17.8 Å². The van der Waals surface area contributed by atoms with E-state index in [1.165, 1.54) is 25.7 Å². The van der Waals surface area contributed by atoms with Gasteiger partial charge in [-0.05, 0) is 30.6 Å². The molecule has 11 heavy (non-hydrogen) atoms. The molecule has 0 N–H and O–H groups in total. The van der Waals surface area contributed by atoms with Crippen LogP contribution in [0.1, 0.15) is 39.5 Å². The topological polar surface area (TPSA) is 0 Å². The summed E-state index contributed by atoms with van der Waals surface area (Å²) in [5, 5.41) is 0. The van der Waals surface area contributed by atoms with Gasteiger partial charge >= 0.3 is 0 Å². The number of rotatable bonds is 2. The Morgan fingerprint density at radius 3 is 2.27 bits per heavy atom. The zero-order valence-corrected chi connectivity index (χ0v) is 7.84. The van der Waals surface area contributed by atoms with Gasteiger partial charge in [-0.2, -0.15) is 0 Å². The van der Waals surface area contributed by atoms with Gasteiger partial charge in [0.05, 0.1) is 0 Å². The molecule has 1 atom stereocenters. The van der Waals surface area contributed by atoms with Crippen molar-refractivity contribution in [3.8, 4) is 0 Å². The summed E-state index contributed by atoms with van der Waals surface area (Å²) in [6.45, 7) is 8.52. The fourth-order valence-corrected chi connectivity index (χ4v) is 2.00. The molecule has 1 saturated carbocycles. The highest BCUT2D eigenvalue weighted by atomic mass is 14.3. The van der Waals surface area contributed by atoms with Crippen molar-refractivity contribution >= 4 is 0 Å². The maximum atomic E-state index is 3.85. The molecule has 0 aromatic heterocycles. The van der Waals surface area contributed by atoms with Crippen LogP contribution in [0, 0.1) is 17.8 Å². The molecule has 0 amide bonds. The van der Waals surface area contributed by atoms with Crippen molar-refractivity contribution in [2.75, 3.05) is 0 Å². The molecule has 1 aliphatic rings. The van der Waals surface area contributed by atoms with E-state index in [2.05, 4.69) is 26.5 Å². The lowest BCUT2D eigenvalue weighted by molar-refractivity contribution is 0.249. The van der Waals surface area contributed by atoms with Gasteiger partial charge < -0.3 is 0 Å². The summed E-state index contributed by atoms with van der Waals surface area (Å²) in [7, 11) is 0. The van der Waals surface area contributed by atoms with Crippen molar-refractivity contribution in [1.82, 2.24) is 0 Å². The maximum Gasteiger partial charge on any atom is -0.0236 e. The Balaban J connectivity index is 2.32. The second-order valence-corrected chi connectivity index (χ2v) is 4.11. The van der Waals surface area contributed by atoms with Crippen molar-refractivity contribution in [3.05, 3.63) is 12.7 Å². The molecule has 0 bridgehead atoms. The quantitative estimate of drug-likeness (QED) is 0.530. The third kappa shape index (κ3) is 2.36. The Kier molecular flexibility index (Phi) is 3.16. The van der Waals surface area contributed by atoms with Crippen molar-refractivity contribution < 1.29 is 0 Å². The molecule has 64 valence electrons. The van der Waals surface area contributed by atoms with Crippen LogP contribution >= 0.6 is 0 Å². The van der Waals surface area contributed by atoms with E-state index in [1.807, 2.05) is 0 Å². The number of hydrogen-bond acceptors (Lipinski definition) is 0. The Morgan fingerprint density at radius 2 is 1.82 bits per heavy atom. The summed E-state index contributed by atoms with van der Waals surface area (Å²) < 4.78 is 0. The van der Waals surface area contributed by atoms with Gasteiger partial charge in [0, 0.05) is 0 Å². The molecular weight excluding hydrogens is 132 g/mol. The van der Waals surface area contributed by atoms with Crippen LogP contribution in [0.25, 0.3) is 0 Å². The van der Waals surface area contributed by atoms with E-state index in [4.69, 9.17) is 0 Å².